The first kappa shape index (κ1) is 33.9. The molecule has 2 amide bonds. The summed E-state index contributed by atoms with van der Waals surface area (Å²) in [5.41, 5.74) is 2.99. The van der Waals surface area contributed by atoms with E-state index >= 15 is 0 Å². The average Bonchev–Trinajstić information content (AvgIpc) is 3.83. The highest BCUT2D eigenvalue weighted by atomic mass is 32.2. The van der Waals surface area contributed by atoms with Crippen LogP contribution < -0.4 is 10.6 Å². The second-order valence-electron chi connectivity index (χ2n) is 13.0. The molecule has 13 heteroatoms. The van der Waals surface area contributed by atoms with Crippen LogP contribution in [0.15, 0.2) is 71.8 Å². The Balaban J connectivity index is 1.24. The molecule has 5 unspecified atom stereocenters. The second kappa shape index (κ2) is 14.2. The van der Waals surface area contributed by atoms with E-state index in [-0.39, 0.29) is 55.0 Å². The van der Waals surface area contributed by atoms with Crippen molar-refractivity contribution in [1.29, 1.82) is 0 Å². The molecule has 3 aromatic rings. The van der Waals surface area contributed by atoms with Crippen molar-refractivity contribution in [2.45, 2.75) is 56.1 Å². The number of nitrogens with zero attached hydrogens (tertiary/aromatic N) is 2. The van der Waals surface area contributed by atoms with Gasteiger partial charge < -0.3 is 34.5 Å². The van der Waals surface area contributed by atoms with E-state index in [1.54, 1.807) is 12.1 Å². The van der Waals surface area contributed by atoms with Gasteiger partial charge in [0, 0.05) is 43.3 Å². The zero-order chi connectivity index (χ0) is 34.0. The largest absolute Gasteiger partial charge is 0.443 e. The van der Waals surface area contributed by atoms with E-state index in [1.165, 1.54) is 16.4 Å². The van der Waals surface area contributed by atoms with E-state index < -0.39 is 34.4 Å². The number of hydrogen-bond acceptors (Lipinski definition) is 8. The van der Waals surface area contributed by atoms with E-state index in [4.69, 9.17) is 14.2 Å². The van der Waals surface area contributed by atoms with Crippen LogP contribution in [0.4, 0.5) is 10.5 Å². The van der Waals surface area contributed by atoms with Crippen LogP contribution in [0.25, 0.3) is 11.6 Å². The first-order chi connectivity index (χ1) is 23.0. The summed E-state index contributed by atoms with van der Waals surface area (Å²) in [5, 5.41) is 17.3. The summed E-state index contributed by atoms with van der Waals surface area (Å²) in [6.45, 7) is 4.37. The third-order valence-electron chi connectivity index (χ3n) is 8.96. The summed E-state index contributed by atoms with van der Waals surface area (Å²) in [6, 6.07) is 16.7. The smallest absolute Gasteiger partial charge is 0.407 e. The van der Waals surface area contributed by atoms with Gasteiger partial charge in [0.2, 0.25) is 10.0 Å². The van der Waals surface area contributed by atoms with Gasteiger partial charge in [-0.1, -0.05) is 44.2 Å². The molecule has 256 valence electrons. The molecular weight excluding hydrogens is 636 g/mol. The molecule has 3 aliphatic rings. The Labute approximate surface area is 280 Å². The zero-order valence-electron chi connectivity index (χ0n) is 27.2. The predicted molar refractivity (Wildman–Crippen MR) is 179 cm³/mol. The number of ether oxygens (including phenoxy) is 3. The molecule has 4 heterocycles. The fourth-order valence-electron chi connectivity index (χ4n) is 6.43. The Morgan fingerprint density at radius 3 is 2.67 bits per heavy atom. The number of alkyl carbamates (subject to hydrolysis) is 1. The summed E-state index contributed by atoms with van der Waals surface area (Å²) in [6.07, 6.45) is 1.66. The molecule has 0 bridgehead atoms. The van der Waals surface area contributed by atoms with Gasteiger partial charge in [-0.3, -0.25) is 4.79 Å². The van der Waals surface area contributed by atoms with Crippen molar-refractivity contribution in [2.75, 3.05) is 31.6 Å². The summed E-state index contributed by atoms with van der Waals surface area (Å²) in [5.74, 6) is -0.454. The van der Waals surface area contributed by atoms with Gasteiger partial charge >= 0.3 is 6.09 Å². The number of hydrogen-bond donors (Lipinski definition) is 3. The van der Waals surface area contributed by atoms with Crippen molar-refractivity contribution in [3.63, 3.8) is 0 Å². The van der Waals surface area contributed by atoms with Crippen molar-refractivity contribution in [3.05, 3.63) is 83.7 Å². The number of nitrogens with one attached hydrogen (secondary N) is 2. The van der Waals surface area contributed by atoms with E-state index in [0.29, 0.717) is 23.4 Å². The fourth-order valence-corrected chi connectivity index (χ4v) is 8.08. The SMILES string of the molecule is CC(C)CN(CC(O)C(Cc1ccccc1)NC(=O)OC1COC2OCCC12)S(=O)(=O)c1ccc2c(c1)C(=Cc1cccn1C)C(=O)N2. The minimum Gasteiger partial charge on any atom is -0.443 e. The Morgan fingerprint density at radius 1 is 1.15 bits per heavy atom. The lowest BCUT2D eigenvalue weighted by Gasteiger charge is -2.31. The minimum atomic E-state index is -4.16. The number of carbonyl (C=O) groups is 2. The summed E-state index contributed by atoms with van der Waals surface area (Å²) in [7, 11) is -2.30. The maximum atomic E-state index is 14.2. The molecule has 48 heavy (non-hydrogen) atoms. The van der Waals surface area contributed by atoms with E-state index in [2.05, 4.69) is 10.6 Å². The lowest BCUT2D eigenvalue weighted by Crippen LogP contribution is -2.51. The lowest BCUT2D eigenvalue weighted by atomic mass is 10.0. The number of aliphatic hydroxyl groups is 1. The van der Waals surface area contributed by atoms with Crippen molar-refractivity contribution < 1.29 is 37.3 Å². The van der Waals surface area contributed by atoms with Crippen LogP contribution >= 0.6 is 0 Å². The van der Waals surface area contributed by atoms with Crippen LogP contribution in [0, 0.1) is 11.8 Å². The molecule has 0 saturated carbocycles. The molecule has 0 spiro atoms. The van der Waals surface area contributed by atoms with Gasteiger partial charge in [0.25, 0.3) is 5.91 Å². The molecule has 2 fully saturated rings. The van der Waals surface area contributed by atoms with Gasteiger partial charge in [-0.2, -0.15) is 4.31 Å². The van der Waals surface area contributed by atoms with Crippen LogP contribution in [0.1, 0.15) is 37.1 Å². The minimum absolute atomic E-state index is 0.00932. The highest BCUT2D eigenvalue weighted by molar-refractivity contribution is 7.89. The molecule has 0 aliphatic carbocycles. The molecule has 1 aromatic heterocycles. The number of aromatic nitrogens is 1. The van der Waals surface area contributed by atoms with Crippen LogP contribution in [-0.2, 0) is 42.5 Å². The van der Waals surface area contributed by atoms with Crippen LogP contribution in [0.5, 0.6) is 0 Å². The number of amides is 2. The van der Waals surface area contributed by atoms with Crippen molar-refractivity contribution in [1.82, 2.24) is 14.2 Å². The van der Waals surface area contributed by atoms with Crippen LogP contribution in [-0.4, -0.2) is 85.2 Å². The van der Waals surface area contributed by atoms with Gasteiger partial charge in [-0.15, -0.1) is 0 Å². The molecule has 3 aliphatic heterocycles. The molecule has 2 saturated heterocycles. The Morgan fingerprint density at radius 2 is 1.94 bits per heavy atom. The average molecular weight is 679 g/mol. The van der Waals surface area contributed by atoms with Crippen molar-refractivity contribution in [2.24, 2.45) is 18.9 Å². The standard InChI is InChI=1S/C35H42N4O8S/c1-22(2)19-39(48(43,44)25-11-12-29-27(18-25)28(33(41)36-29)17-24-10-7-14-38(24)3)20-31(40)30(16-23-8-5-4-6-9-23)37-35(42)47-32-21-46-34-26(32)13-15-45-34/h4-12,14,17-18,22,26,30-32,34,40H,13,15-16,19-21H2,1-3H3,(H,36,41)(H,37,42). The first-order valence-electron chi connectivity index (χ1n) is 16.2. The number of fused-ring (bicyclic) bond motifs is 2. The number of rotatable bonds is 12. The fraction of sp³-hybridized carbons (Fsp3) is 0.429. The lowest BCUT2D eigenvalue weighted by molar-refractivity contribution is -0.110. The topological polar surface area (TPSA) is 148 Å². The molecule has 5 atom stereocenters. The molecule has 0 radical (unpaired) electrons. The number of sulfonamides is 1. The highest BCUT2D eigenvalue weighted by Crippen LogP contribution is 2.36. The van der Waals surface area contributed by atoms with E-state index in [1.807, 2.05) is 74.1 Å². The summed E-state index contributed by atoms with van der Waals surface area (Å²) < 4.78 is 48.5. The molecular formula is C35H42N4O8S. The van der Waals surface area contributed by atoms with Crippen molar-refractivity contribution in [3.8, 4) is 0 Å². The van der Waals surface area contributed by atoms with Gasteiger partial charge in [0.05, 0.1) is 41.7 Å². The Hall–Kier alpha value is -4.01. The highest BCUT2D eigenvalue weighted by Gasteiger charge is 2.44. The first-order valence-corrected chi connectivity index (χ1v) is 17.6. The number of carbonyl (C=O) groups excluding carboxylic acids is 2. The normalized spacial score (nSPS) is 22.5. The van der Waals surface area contributed by atoms with Gasteiger partial charge in [0.15, 0.2) is 6.29 Å². The third kappa shape index (κ3) is 7.35. The number of benzene rings is 2. The summed E-state index contributed by atoms with van der Waals surface area (Å²) in [4.78, 5) is 26.0. The molecule has 3 N–H and O–H groups in total. The molecule has 12 nitrogen and oxygen atoms in total. The zero-order valence-corrected chi connectivity index (χ0v) is 28.1. The Bertz CT molecular complexity index is 1770. The summed E-state index contributed by atoms with van der Waals surface area (Å²) >= 11 is 0. The third-order valence-corrected chi connectivity index (χ3v) is 10.8. The monoisotopic (exact) mass is 678 g/mol. The van der Waals surface area contributed by atoms with E-state index in [0.717, 1.165) is 17.7 Å². The number of aliphatic hydroxyl groups excluding tert-OH is 1. The van der Waals surface area contributed by atoms with Gasteiger partial charge in [-0.05, 0) is 60.7 Å². The Kier molecular flexibility index (Phi) is 10.0. The maximum absolute atomic E-state index is 14.2. The molecule has 6 rings (SSSR count). The van der Waals surface area contributed by atoms with Crippen molar-refractivity contribution >= 4 is 39.4 Å². The number of anilines is 1. The van der Waals surface area contributed by atoms with Crippen LogP contribution in [0.2, 0.25) is 0 Å². The predicted octanol–water partition coefficient (Wildman–Crippen LogP) is 3.62. The van der Waals surface area contributed by atoms with Gasteiger partial charge in [0.1, 0.15) is 6.10 Å². The maximum Gasteiger partial charge on any atom is 0.407 e. The second-order valence-corrected chi connectivity index (χ2v) is 14.9. The van der Waals surface area contributed by atoms with Crippen LogP contribution in [0.3, 0.4) is 0 Å². The quantitative estimate of drug-likeness (QED) is 0.246. The van der Waals surface area contributed by atoms with Gasteiger partial charge in [-0.25, -0.2) is 13.2 Å². The molecule has 2 aromatic carbocycles. The number of aryl methyl sites for hydroxylation is 1. The van der Waals surface area contributed by atoms with E-state index in [9.17, 15) is 23.1 Å².